The zero-order valence-corrected chi connectivity index (χ0v) is 45.8. The molecule has 0 radical (unpaired) electrons. The summed E-state index contributed by atoms with van der Waals surface area (Å²) < 4.78 is 18.0. The molecule has 14 atom stereocenters. The van der Waals surface area contributed by atoms with E-state index >= 15 is 0 Å². The normalized spacial score (nSPS) is 37.5. The van der Waals surface area contributed by atoms with E-state index in [-0.39, 0.29) is 71.6 Å². The summed E-state index contributed by atoms with van der Waals surface area (Å²) in [4.78, 5) is 61.4. The number of nitrogens with zero attached hydrogens (tertiary/aromatic N) is 2. The highest BCUT2D eigenvalue weighted by Crippen LogP contribution is 2.46. The summed E-state index contributed by atoms with van der Waals surface area (Å²) in [6, 6.07) is -0.269. The van der Waals surface area contributed by atoms with Crippen molar-refractivity contribution in [1.82, 2.24) is 15.3 Å². The number of carbonyl (C=O) groups is 4. The van der Waals surface area contributed by atoms with Crippen LogP contribution in [0.3, 0.4) is 0 Å². The first-order chi connectivity index (χ1) is 32.5. The molecule has 2 aromatic heterocycles. The number of thiazole rings is 2. The van der Waals surface area contributed by atoms with Crippen LogP contribution in [0.1, 0.15) is 169 Å². The Bertz CT molecular complexity index is 2060. The minimum Gasteiger partial charge on any atom is -0.458 e. The Morgan fingerprint density at radius 1 is 0.671 bits per heavy atom. The van der Waals surface area contributed by atoms with Gasteiger partial charge in [0.1, 0.15) is 17.7 Å². The number of aliphatic hydroxyl groups is 4. The van der Waals surface area contributed by atoms with Crippen LogP contribution in [0.5, 0.6) is 0 Å². The summed E-state index contributed by atoms with van der Waals surface area (Å²) in [6.45, 7) is 25.9. The first kappa shape index (κ1) is 57.7. The Labute approximate surface area is 424 Å². The molecule has 6 rings (SSSR count). The van der Waals surface area contributed by atoms with Crippen molar-refractivity contribution in [2.75, 3.05) is 0 Å². The van der Waals surface area contributed by atoms with Gasteiger partial charge in [-0.2, -0.15) is 0 Å². The van der Waals surface area contributed by atoms with Crippen molar-refractivity contribution in [1.29, 1.82) is 0 Å². The summed E-state index contributed by atoms with van der Waals surface area (Å²) >= 11 is 3.14. The fourth-order valence-corrected chi connectivity index (χ4v) is 11.4. The predicted molar refractivity (Wildman–Crippen MR) is 274 cm³/mol. The smallest absolute Gasteiger partial charge is 0.309 e. The lowest BCUT2D eigenvalue weighted by Gasteiger charge is -2.34. The molecular formula is C54H83N3O11S2. The maximum Gasteiger partial charge on any atom is 0.309 e. The molecule has 0 aromatic carbocycles. The van der Waals surface area contributed by atoms with E-state index in [1.54, 1.807) is 64.2 Å². The fourth-order valence-electron chi connectivity index (χ4n) is 10.3. The standard InChI is InChI=1S/C27H42N2O5S.C27H41NO6S/c1-15-9-8-10-27(7)22(34-27)12-20(16(2)11-19-14-35-18(4)28-19)29-23(31)13-21(30)26(5,6)25(33)17(3)24(15)32;1-15-9-8-10-27(7)22(34-27)12-20(16(2)11-19-14-35-18(4)28-19)33-23(30)13-21(29)26(5,6)25(32)17(3)24(15)31/h11,14-15,17,20-22,24,30,32H,8-10,12-13H2,1-7H3,(H,29,31);11,14-15,17,20-22,24,29,31H,8-10,12-13H2,1-7H3/b2*16-11+/t2*15-,17+,20-,21-,22-,24-,27+/m00/s1. The number of ketones is 2. The highest BCUT2D eigenvalue weighted by atomic mass is 32.1. The van der Waals surface area contributed by atoms with Crippen LogP contribution in [0.4, 0.5) is 0 Å². The van der Waals surface area contributed by atoms with Crippen molar-refractivity contribution in [3.05, 3.63) is 43.3 Å². The molecule has 2 aromatic rings. The number of nitrogens with one attached hydrogen (secondary N) is 1. The average molecular weight is 1010 g/mol. The number of Topliss-reactive ketones (excluding diaryl/α,β-unsaturated/α-hetero) is 2. The van der Waals surface area contributed by atoms with E-state index in [2.05, 4.69) is 29.1 Å². The highest BCUT2D eigenvalue weighted by Gasteiger charge is 2.54. The summed E-state index contributed by atoms with van der Waals surface area (Å²) in [5.74, 6) is -2.78. The maximum atomic E-state index is 13.2. The van der Waals surface area contributed by atoms with Gasteiger partial charge in [-0.15, -0.1) is 22.7 Å². The van der Waals surface area contributed by atoms with E-state index < -0.39 is 59.2 Å². The van der Waals surface area contributed by atoms with Gasteiger partial charge in [-0.3, -0.25) is 19.2 Å². The number of ether oxygens (including phenoxy) is 3. The molecule has 4 aliphatic rings. The monoisotopic (exact) mass is 1010 g/mol. The lowest BCUT2D eigenvalue weighted by Crippen LogP contribution is -2.47. The van der Waals surface area contributed by atoms with Crippen LogP contribution in [0, 0.1) is 48.3 Å². The number of amides is 1. The summed E-state index contributed by atoms with van der Waals surface area (Å²) in [5, 5.41) is 52.4. The second kappa shape index (κ2) is 23.3. The highest BCUT2D eigenvalue weighted by molar-refractivity contribution is 7.09. The molecule has 0 spiro atoms. The zero-order chi connectivity index (χ0) is 52.3. The number of epoxide rings is 2. The second-order valence-electron chi connectivity index (χ2n) is 22.7. The van der Waals surface area contributed by atoms with Gasteiger partial charge in [-0.1, -0.05) is 68.2 Å². The van der Waals surface area contributed by atoms with Crippen molar-refractivity contribution < 1.29 is 53.8 Å². The Kier molecular flexibility index (Phi) is 19.2. The third kappa shape index (κ3) is 14.5. The van der Waals surface area contributed by atoms with Crippen LogP contribution >= 0.6 is 22.7 Å². The molecule has 14 nitrogen and oxygen atoms in total. The first-order valence-corrected chi connectivity index (χ1v) is 27.1. The number of aromatic nitrogens is 2. The molecule has 6 heterocycles. The van der Waals surface area contributed by atoms with Gasteiger partial charge >= 0.3 is 5.97 Å². The van der Waals surface area contributed by atoms with Crippen LogP contribution < -0.4 is 5.32 Å². The maximum absolute atomic E-state index is 13.2. The van der Waals surface area contributed by atoms with Gasteiger partial charge < -0.3 is 40.0 Å². The van der Waals surface area contributed by atoms with Crippen LogP contribution in [0.2, 0.25) is 0 Å². The third-order valence-corrected chi connectivity index (χ3v) is 17.6. The van der Waals surface area contributed by atoms with Crippen molar-refractivity contribution in [2.45, 2.75) is 221 Å². The quantitative estimate of drug-likeness (QED) is 0.143. The minimum atomic E-state index is -1.23. The van der Waals surface area contributed by atoms with Gasteiger partial charge in [0.05, 0.1) is 98.9 Å². The molecule has 70 heavy (non-hydrogen) atoms. The summed E-state index contributed by atoms with van der Waals surface area (Å²) in [6.07, 6.45) is 4.98. The van der Waals surface area contributed by atoms with Crippen LogP contribution in [-0.2, 0) is 33.4 Å². The molecule has 392 valence electrons. The molecule has 16 heteroatoms. The van der Waals surface area contributed by atoms with Gasteiger partial charge in [0.2, 0.25) is 5.91 Å². The zero-order valence-electron chi connectivity index (χ0n) is 44.2. The second-order valence-corrected chi connectivity index (χ2v) is 24.8. The Hall–Kier alpha value is -3.22. The Balaban J connectivity index is 0.000000261. The molecule has 1 amide bonds. The molecule has 0 aliphatic carbocycles. The number of hydrogen-bond donors (Lipinski definition) is 5. The number of aliphatic hydroxyl groups excluding tert-OH is 4. The SMILES string of the molecule is C/C(=C\c1csc(C)n1)[C@@H]1C[C@@H]2O[C@]2(C)CCC[C@H](C)[C@H](O)[C@@H](C)C(=O)C(C)(C)[C@@H](O)CC(=O)N1.C/C(=C\c1csc(C)n1)[C@@H]1C[C@@H]2O[C@]2(C)CCC[C@H](C)[C@H](O)[C@@H](C)C(=O)C(C)(C)[C@@H](O)CC(=O)O1. The van der Waals surface area contributed by atoms with Gasteiger partial charge in [-0.25, -0.2) is 9.97 Å². The van der Waals surface area contributed by atoms with E-state index in [4.69, 9.17) is 14.2 Å². The summed E-state index contributed by atoms with van der Waals surface area (Å²) in [5.41, 5.74) is 0.589. The third-order valence-electron chi connectivity index (χ3n) is 16.0. The minimum absolute atomic E-state index is 0.0170. The van der Waals surface area contributed by atoms with Gasteiger partial charge in [0.15, 0.2) is 0 Å². The summed E-state index contributed by atoms with van der Waals surface area (Å²) in [7, 11) is 0. The molecule has 4 saturated heterocycles. The van der Waals surface area contributed by atoms with Gasteiger partial charge in [0.25, 0.3) is 0 Å². The van der Waals surface area contributed by atoms with Crippen LogP contribution in [-0.4, -0.2) is 114 Å². The van der Waals surface area contributed by atoms with Crippen molar-refractivity contribution in [3.8, 4) is 0 Å². The molecule has 0 saturated carbocycles. The van der Waals surface area contributed by atoms with E-state index in [0.29, 0.717) is 12.8 Å². The predicted octanol–water partition coefficient (Wildman–Crippen LogP) is 8.53. The molecule has 5 N–H and O–H groups in total. The van der Waals surface area contributed by atoms with E-state index in [1.807, 2.05) is 64.5 Å². The largest absolute Gasteiger partial charge is 0.458 e. The fraction of sp³-hybridized carbons (Fsp3) is 0.741. The average Bonchev–Trinajstić information content (AvgIpc) is 3.94. The topological polar surface area (TPSA) is 221 Å². The van der Waals surface area contributed by atoms with Crippen LogP contribution in [0.25, 0.3) is 12.2 Å². The number of carbonyl (C=O) groups excluding carboxylic acids is 4. The van der Waals surface area contributed by atoms with E-state index in [1.165, 1.54) is 0 Å². The van der Waals surface area contributed by atoms with Crippen LogP contribution in [0.15, 0.2) is 21.9 Å². The molecule has 4 aliphatic heterocycles. The Morgan fingerprint density at radius 3 is 1.54 bits per heavy atom. The van der Waals surface area contributed by atoms with E-state index in [9.17, 15) is 39.6 Å². The number of rotatable bonds is 4. The van der Waals surface area contributed by atoms with Crippen molar-refractivity contribution in [2.24, 2.45) is 34.5 Å². The van der Waals surface area contributed by atoms with Crippen molar-refractivity contribution >= 4 is 58.3 Å². The number of hydrogen-bond acceptors (Lipinski definition) is 15. The number of aryl methyl sites for hydroxylation is 2. The Morgan fingerprint density at radius 2 is 1.10 bits per heavy atom. The van der Waals surface area contributed by atoms with Gasteiger partial charge in [-0.05, 0) is 102 Å². The van der Waals surface area contributed by atoms with Crippen molar-refractivity contribution in [3.63, 3.8) is 0 Å². The molecular weight excluding hydrogens is 931 g/mol. The lowest BCUT2D eigenvalue weighted by molar-refractivity contribution is -0.154. The molecule has 0 bridgehead atoms. The lowest BCUT2D eigenvalue weighted by atomic mass is 9.72. The number of cyclic esters (lactones) is 1. The number of esters is 1. The molecule has 0 unspecified atom stereocenters. The van der Waals surface area contributed by atoms with E-state index in [0.717, 1.165) is 71.1 Å². The molecule has 4 fully saturated rings. The van der Waals surface area contributed by atoms with Gasteiger partial charge in [0, 0.05) is 35.4 Å². The number of fused-ring (bicyclic) bond motifs is 2. The first-order valence-electron chi connectivity index (χ1n) is 25.3.